The maximum atomic E-state index is 11.7. The highest BCUT2D eigenvalue weighted by molar-refractivity contribution is 7.92. The van der Waals surface area contributed by atoms with Crippen LogP contribution in [0.25, 0.3) is 0 Å². The number of rotatable bonds is 3. The molecule has 0 aliphatic heterocycles. The number of hydrogen-bond donors (Lipinski definition) is 2. The molecule has 0 aliphatic carbocycles. The zero-order chi connectivity index (χ0) is 13.2. The predicted octanol–water partition coefficient (Wildman–Crippen LogP) is 0.949. The van der Waals surface area contributed by atoms with E-state index in [0.717, 1.165) is 11.8 Å². The van der Waals surface area contributed by atoms with Gasteiger partial charge in [0.2, 0.25) is 5.91 Å². The molecule has 0 saturated heterocycles. The molecule has 0 heterocycles. The number of sulfone groups is 1. The van der Waals surface area contributed by atoms with E-state index in [4.69, 9.17) is 5.73 Å². The first-order valence-corrected chi connectivity index (χ1v) is 7.03. The van der Waals surface area contributed by atoms with Crippen molar-refractivity contribution in [2.45, 2.75) is 19.1 Å². The summed E-state index contributed by atoms with van der Waals surface area (Å²) < 4.78 is 22.5. The summed E-state index contributed by atoms with van der Waals surface area (Å²) in [6.45, 7) is 3.14. The maximum Gasteiger partial charge on any atom is 0.242 e. The van der Waals surface area contributed by atoms with Crippen molar-refractivity contribution in [2.24, 2.45) is 0 Å². The predicted molar refractivity (Wildman–Crippen MR) is 68.5 cm³/mol. The Hall–Kier alpha value is -1.56. The molecule has 0 fully saturated rings. The summed E-state index contributed by atoms with van der Waals surface area (Å²) in [4.78, 5) is 11.7. The fourth-order valence-corrected chi connectivity index (χ4v) is 1.73. The van der Waals surface area contributed by atoms with Crippen LogP contribution in [0, 0.1) is 6.92 Å². The number of nitrogens with two attached hydrogens (primary N) is 1. The quantitative estimate of drug-likeness (QED) is 0.788. The van der Waals surface area contributed by atoms with Gasteiger partial charge >= 0.3 is 0 Å². The largest absolute Gasteiger partial charge is 0.397 e. The lowest BCUT2D eigenvalue weighted by molar-refractivity contribution is -0.115. The van der Waals surface area contributed by atoms with Crippen LogP contribution in [0.15, 0.2) is 18.2 Å². The van der Waals surface area contributed by atoms with Crippen LogP contribution in [-0.2, 0) is 14.6 Å². The number of nitrogens with one attached hydrogen (secondary N) is 1. The third kappa shape index (κ3) is 3.20. The molecule has 1 atom stereocenters. The van der Waals surface area contributed by atoms with E-state index in [9.17, 15) is 13.2 Å². The van der Waals surface area contributed by atoms with Crippen molar-refractivity contribution in [3.8, 4) is 0 Å². The summed E-state index contributed by atoms with van der Waals surface area (Å²) in [5.41, 5.74) is 7.39. The lowest BCUT2D eigenvalue weighted by atomic mass is 10.1. The molecule has 5 nitrogen and oxygen atoms in total. The molecule has 0 bridgehead atoms. The lowest BCUT2D eigenvalue weighted by Gasteiger charge is -2.14. The van der Waals surface area contributed by atoms with Gasteiger partial charge in [-0.3, -0.25) is 4.79 Å². The van der Waals surface area contributed by atoms with E-state index in [1.807, 2.05) is 0 Å². The van der Waals surface area contributed by atoms with Gasteiger partial charge in [-0.1, -0.05) is 12.1 Å². The summed E-state index contributed by atoms with van der Waals surface area (Å²) in [5.74, 6) is -0.575. The zero-order valence-corrected chi connectivity index (χ0v) is 10.8. The SMILES string of the molecule is Cc1cccc(N)c1NC(=O)C(C)S(C)(=O)=O. The van der Waals surface area contributed by atoms with E-state index in [1.165, 1.54) is 6.92 Å². The van der Waals surface area contributed by atoms with Crippen LogP contribution >= 0.6 is 0 Å². The average molecular weight is 256 g/mol. The first-order valence-electron chi connectivity index (χ1n) is 5.08. The Morgan fingerprint density at radius 3 is 2.47 bits per heavy atom. The lowest BCUT2D eigenvalue weighted by Crippen LogP contribution is -2.32. The normalized spacial score (nSPS) is 13.1. The van der Waals surface area contributed by atoms with Gasteiger partial charge < -0.3 is 11.1 Å². The fraction of sp³-hybridized carbons (Fsp3) is 0.364. The van der Waals surface area contributed by atoms with E-state index < -0.39 is 21.0 Å². The highest BCUT2D eigenvalue weighted by Gasteiger charge is 2.24. The van der Waals surface area contributed by atoms with Gasteiger partial charge in [0.05, 0.1) is 11.4 Å². The van der Waals surface area contributed by atoms with Crippen LogP contribution in [-0.4, -0.2) is 25.8 Å². The molecule has 6 heteroatoms. The molecule has 0 aliphatic rings. The van der Waals surface area contributed by atoms with Crippen molar-refractivity contribution < 1.29 is 13.2 Å². The minimum Gasteiger partial charge on any atom is -0.397 e. The van der Waals surface area contributed by atoms with Crippen molar-refractivity contribution in [3.63, 3.8) is 0 Å². The highest BCUT2D eigenvalue weighted by Crippen LogP contribution is 2.22. The molecule has 1 unspecified atom stereocenters. The summed E-state index contributed by atoms with van der Waals surface area (Å²) in [6, 6.07) is 5.20. The Bertz CT molecular complexity index is 517. The van der Waals surface area contributed by atoms with Gasteiger partial charge in [-0.05, 0) is 25.5 Å². The van der Waals surface area contributed by atoms with Crippen LogP contribution in [0.1, 0.15) is 12.5 Å². The number of carbonyl (C=O) groups is 1. The molecule has 3 N–H and O–H groups in total. The van der Waals surface area contributed by atoms with Gasteiger partial charge in [-0.2, -0.15) is 0 Å². The molecule has 0 saturated carbocycles. The fourth-order valence-electron chi connectivity index (χ4n) is 1.28. The van der Waals surface area contributed by atoms with Crippen molar-refractivity contribution in [3.05, 3.63) is 23.8 Å². The summed E-state index contributed by atoms with van der Waals surface area (Å²) in [5, 5.41) is 1.45. The number of aryl methyl sites for hydroxylation is 1. The highest BCUT2D eigenvalue weighted by atomic mass is 32.2. The molecular formula is C11H16N2O3S. The van der Waals surface area contributed by atoms with Crippen LogP contribution in [0.2, 0.25) is 0 Å². The number of hydrogen-bond acceptors (Lipinski definition) is 4. The monoisotopic (exact) mass is 256 g/mol. The van der Waals surface area contributed by atoms with Crippen LogP contribution < -0.4 is 11.1 Å². The van der Waals surface area contributed by atoms with Gasteiger partial charge in [-0.25, -0.2) is 8.42 Å². The number of benzene rings is 1. The molecule has 94 valence electrons. The molecule has 1 aromatic rings. The Kier molecular flexibility index (Phi) is 3.77. The molecular weight excluding hydrogens is 240 g/mol. The number of amides is 1. The second kappa shape index (κ2) is 4.75. The number of nitrogen functional groups attached to an aromatic ring is 1. The van der Waals surface area contributed by atoms with E-state index in [-0.39, 0.29) is 0 Å². The Morgan fingerprint density at radius 2 is 2.00 bits per heavy atom. The molecule has 17 heavy (non-hydrogen) atoms. The smallest absolute Gasteiger partial charge is 0.242 e. The first-order chi connectivity index (χ1) is 7.73. The second-order valence-corrected chi connectivity index (χ2v) is 6.37. The van der Waals surface area contributed by atoms with Crippen LogP contribution in [0.4, 0.5) is 11.4 Å². The molecule has 1 amide bonds. The Morgan fingerprint density at radius 1 is 1.41 bits per heavy atom. The molecule has 1 rings (SSSR count). The summed E-state index contributed by atoms with van der Waals surface area (Å²) >= 11 is 0. The van der Waals surface area contributed by atoms with E-state index >= 15 is 0 Å². The number of para-hydroxylation sites is 1. The Labute approximate surface area is 101 Å². The summed E-state index contributed by atoms with van der Waals surface area (Å²) in [7, 11) is -3.40. The third-order valence-corrected chi connectivity index (χ3v) is 4.06. The molecule has 0 radical (unpaired) electrons. The number of anilines is 2. The minimum atomic E-state index is -3.40. The van der Waals surface area contributed by atoms with Crippen molar-refractivity contribution >= 4 is 27.1 Å². The molecule has 1 aromatic carbocycles. The van der Waals surface area contributed by atoms with E-state index in [0.29, 0.717) is 11.4 Å². The topological polar surface area (TPSA) is 89.3 Å². The van der Waals surface area contributed by atoms with Gasteiger partial charge in [0, 0.05) is 6.26 Å². The first kappa shape index (κ1) is 13.5. The van der Waals surface area contributed by atoms with E-state index in [2.05, 4.69) is 5.32 Å². The van der Waals surface area contributed by atoms with Crippen molar-refractivity contribution in [2.75, 3.05) is 17.3 Å². The van der Waals surface area contributed by atoms with Gasteiger partial charge in [-0.15, -0.1) is 0 Å². The second-order valence-electron chi connectivity index (χ2n) is 4.00. The van der Waals surface area contributed by atoms with Gasteiger partial charge in [0.25, 0.3) is 0 Å². The molecule has 0 spiro atoms. The van der Waals surface area contributed by atoms with E-state index in [1.54, 1.807) is 25.1 Å². The standard InChI is InChI=1S/C11H16N2O3S/c1-7-5-4-6-9(12)10(7)13-11(14)8(2)17(3,15)16/h4-6,8H,12H2,1-3H3,(H,13,14). The average Bonchev–Trinajstić information content (AvgIpc) is 2.21. The number of carbonyl (C=O) groups excluding carboxylic acids is 1. The minimum absolute atomic E-state index is 0.416. The zero-order valence-electron chi connectivity index (χ0n) is 10.0. The molecule has 0 aromatic heterocycles. The van der Waals surface area contributed by atoms with Crippen molar-refractivity contribution in [1.82, 2.24) is 0 Å². The maximum absolute atomic E-state index is 11.7. The van der Waals surface area contributed by atoms with Gasteiger partial charge in [0.15, 0.2) is 9.84 Å². The van der Waals surface area contributed by atoms with Gasteiger partial charge in [0.1, 0.15) is 5.25 Å². The van der Waals surface area contributed by atoms with Crippen LogP contribution in [0.3, 0.4) is 0 Å². The Balaban J connectivity index is 2.97. The van der Waals surface area contributed by atoms with Crippen LogP contribution in [0.5, 0.6) is 0 Å². The summed E-state index contributed by atoms with van der Waals surface area (Å²) in [6.07, 6.45) is 1.03. The van der Waals surface area contributed by atoms with Crippen molar-refractivity contribution in [1.29, 1.82) is 0 Å². The third-order valence-electron chi connectivity index (χ3n) is 2.56.